The van der Waals surface area contributed by atoms with Crippen LogP contribution in [0.15, 0.2) is 72.0 Å². The number of piperidine rings is 1. The number of hydrogen-bond acceptors (Lipinski definition) is 4. The van der Waals surface area contributed by atoms with E-state index in [1.165, 1.54) is 86.3 Å². The monoisotopic (exact) mass is 485 g/mol. The highest BCUT2D eigenvalue weighted by Gasteiger charge is 2.33. The molecule has 2 aliphatic heterocycles. The molecular formula is C31H43N5. The molecule has 1 unspecified atom stereocenters. The molecule has 0 bridgehead atoms. The van der Waals surface area contributed by atoms with Gasteiger partial charge in [0, 0.05) is 62.9 Å². The van der Waals surface area contributed by atoms with Gasteiger partial charge in [0.25, 0.3) is 0 Å². The average Bonchev–Trinajstić information content (AvgIpc) is 3.41. The molecule has 0 spiro atoms. The number of allylic oxidation sites excluding steroid dienone is 3. The van der Waals surface area contributed by atoms with E-state index in [9.17, 15) is 0 Å². The summed E-state index contributed by atoms with van der Waals surface area (Å²) < 4.78 is 2.46. The van der Waals surface area contributed by atoms with E-state index >= 15 is 0 Å². The van der Waals surface area contributed by atoms with Crippen molar-refractivity contribution in [1.29, 1.82) is 0 Å². The zero-order valence-electron chi connectivity index (χ0n) is 22.0. The topological polar surface area (TPSA) is 35.5 Å². The second-order valence-electron chi connectivity index (χ2n) is 11.3. The number of hydrogen-bond donors (Lipinski definition) is 2. The van der Waals surface area contributed by atoms with Gasteiger partial charge in [-0.05, 0) is 68.0 Å². The van der Waals surface area contributed by atoms with Crippen LogP contribution in [0.5, 0.6) is 0 Å². The van der Waals surface area contributed by atoms with E-state index in [4.69, 9.17) is 0 Å². The minimum Gasteiger partial charge on any atom is -0.390 e. The molecule has 0 radical (unpaired) electrons. The van der Waals surface area contributed by atoms with E-state index in [0.717, 1.165) is 38.0 Å². The van der Waals surface area contributed by atoms with Gasteiger partial charge in [0.05, 0.1) is 11.7 Å². The van der Waals surface area contributed by atoms with E-state index in [-0.39, 0.29) is 0 Å². The van der Waals surface area contributed by atoms with Gasteiger partial charge in [-0.2, -0.15) is 0 Å². The number of rotatable bonds is 6. The molecule has 4 aliphatic rings. The Morgan fingerprint density at radius 1 is 0.944 bits per heavy atom. The number of nitrogens with one attached hydrogen (secondary N) is 2. The van der Waals surface area contributed by atoms with Crippen LogP contribution >= 0.6 is 0 Å². The third-order valence-electron chi connectivity index (χ3n) is 9.08. The summed E-state index contributed by atoms with van der Waals surface area (Å²) in [6, 6.07) is 14.5. The molecule has 1 aromatic heterocycles. The molecule has 1 atom stereocenters. The summed E-state index contributed by atoms with van der Waals surface area (Å²) in [5.41, 5.74) is 7.16. The zero-order chi connectivity index (χ0) is 24.3. The molecule has 5 nitrogen and oxygen atoms in total. The summed E-state index contributed by atoms with van der Waals surface area (Å²) in [5.74, 6) is 0.719. The largest absolute Gasteiger partial charge is 0.390 e. The highest BCUT2D eigenvalue weighted by molar-refractivity contribution is 5.36. The Morgan fingerprint density at radius 2 is 1.75 bits per heavy atom. The molecule has 6 rings (SSSR count). The Labute approximate surface area is 217 Å². The first-order valence-electron chi connectivity index (χ1n) is 14.3. The van der Waals surface area contributed by atoms with Gasteiger partial charge in [-0.3, -0.25) is 4.90 Å². The van der Waals surface area contributed by atoms with Gasteiger partial charge in [-0.15, -0.1) is 0 Å². The maximum Gasteiger partial charge on any atom is 0.0781 e. The van der Waals surface area contributed by atoms with Crippen LogP contribution in [-0.4, -0.2) is 53.6 Å². The van der Waals surface area contributed by atoms with Gasteiger partial charge in [-0.1, -0.05) is 49.6 Å². The molecule has 192 valence electrons. The first-order valence-corrected chi connectivity index (χ1v) is 14.3. The fourth-order valence-corrected chi connectivity index (χ4v) is 7.06. The lowest BCUT2D eigenvalue weighted by Gasteiger charge is -2.44. The van der Waals surface area contributed by atoms with Crippen molar-refractivity contribution in [2.45, 2.75) is 75.9 Å². The van der Waals surface area contributed by atoms with Crippen molar-refractivity contribution >= 4 is 0 Å². The fourth-order valence-electron chi connectivity index (χ4n) is 7.06. The van der Waals surface area contributed by atoms with Crippen molar-refractivity contribution in [2.24, 2.45) is 0 Å². The van der Waals surface area contributed by atoms with Gasteiger partial charge in [0.2, 0.25) is 0 Å². The van der Waals surface area contributed by atoms with Gasteiger partial charge >= 0.3 is 0 Å². The summed E-state index contributed by atoms with van der Waals surface area (Å²) in [6.45, 7) is 5.64. The second kappa shape index (κ2) is 10.8. The summed E-state index contributed by atoms with van der Waals surface area (Å²) >= 11 is 0. The molecule has 1 saturated carbocycles. The molecular weight excluding hydrogens is 442 g/mol. The van der Waals surface area contributed by atoms with Gasteiger partial charge in [0.15, 0.2) is 0 Å². The number of aromatic nitrogens is 1. The van der Waals surface area contributed by atoms with Crippen LogP contribution in [0.25, 0.3) is 0 Å². The molecule has 1 aromatic carbocycles. The SMILES string of the molecule is CNC1=CC2=C(CC1n1ccc(CN3CCC(c4ccccc4)CC3)c1)N(C1CCCCC1)CCN2. The van der Waals surface area contributed by atoms with Gasteiger partial charge in [-0.25, -0.2) is 0 Å². The van der Waals surface area contributed by atoms with Crippen LogP contribution < -0.4 is 10.6 Å². The molecule has 2 N–H and O–H groups in total. The lowest BCUT2D eigenvalue weighted by Crippen LogP contribution is -2.47. The van der Waals surface area contributed by atoms with E-state index in [1.54, 1.807) is 0 Å². The number of likely N-dealkylation sites (N-methyl/N-ethyl adjacent to an activating group) is 1. The summed E-state index contributed by atoms with van der Waals surface area (Å²) in [6.07, 6.45) is 17.6. The maximum absolute atomic E-state index is 3.71. The first kappa shape index (κ1) is 23.7. The number of likely N-dealkylation sites (tertiary alicyclic amines) is 1. The summed E-state index contributed by atoms with van der Waals surface area (Å²) in [5, 5.41) is 7.23. The Balaban J connectivity index is 1.12. The highest BCUT2D eigenvalue weighted by Crippen LogP contribution is 2.37. The van der Waals surface area contributed by atoms with Crippen LogP contribution in [0.2, 0.25) is 0 Å². The maximum atomic E-state index is 3.71. The van der Waals surface area contributed by atoms with Crippen molar-refractivity contribution in [1.82, 2.24) is 25.0 Å². The molecule has 36 heavy (non-hydrogen) atoms. The van der Waals surface area contributed by atoms with Crippen LogP contribution in [0.4, 0.5) is 0 Å². The number of benzene rings is 1. The summed E-state index contributed by atoms with van der Waals surface area (Å²) in [4.78, 5) is 5.41. The van der Waals surface area contributed by atoms with Crippen LogP contribution in [0.3, 0.4) is 0 Å². The Bertz CT molecular complexity index is 1070. The lowest BCUT2D eigenvalue weighted by atomic mass is 9.89. The van der Waals surface area contributed by atoms with Crippen molar-refractivity contribution in [3.8, 4) is 0 Å². The van der Waals surface area contributed by atoms with Crippen molar-refractivity contribution in [3.05, 3.63) is 83.1 Å². The number of nitrogens with zero attached hydrogens (tertiary/aromatic N) is 3. The van der Waals surface area contributed by atoms with Crippen molar-refractivity contribution in [3.63, 3.8) is 0 Å². The fraction of sp³-hybridized carbons (Fsp3) is 0.548. The standard InChI is InChI=1S/C31H43N5/c1-32-28-20-29-31(36(19-15-33-29)27-10-6-3-7-11-27)21-30(28)35-18-12-24(23-35)22-34-16-13-26(14-17-34)25-8-4-2-5-9-25/h2,4-5,8-9,12,18,20,23,26-27,30,32-33H,3,6-7,10-11,13-17,19,21-22H2,1H3. The minimum absolute atomic E-state index is 0.345. The molecule has 2 aromatic rings. The second-order valence-corrected chi connectivity index (χ2v) is 11.3. The highest BCUT2D eigenvalue weighted by atomic mass is 15.2. The third kappa shape index (κ3) is 4.95. The molecule has 2 fully saturated rings. The normalized spacial score (nSPS) is 24.3. The Morgan fingerprint density at radius 3 is 2.53 bits per heavy atom. The zero-order valence-corrected chi connectivity index (χ0v) is 22.0. The smallest absolute Gasteiger partial charge is 0.0781 e. The summed E-state index contributed by atoms with van der Waals surface area (Å²) in [7, 11) is 2.08. The van der Waals surface area contributed by atoms with E-state index in [2.05, 4.69) is 86.9 Å². The molecule has 3 heterocycles. The van der Waals surface area contributed by atoms with Crippen molar-refractivity contribution in [2.75, 3.05) is 33.2 Å². The van der Waals surface area contributed by atoms with E-state index in [1.807, 2.05) is 0 Å². The molecule has 2 aliphatic carbocycles. The predicted octanol–water partition coefficient (Wildman–Crippen LogP) is 5.37. The van der Waals surface area contributed by atoms with E-state index < -0.39 is 0 Å². The van der Waals surface area contributed by atoms with E-state index in [0.29, 0.717) is 6.04 Å². The van der Waals surface area contributed by atoms with Crippen molar-refractivity contribution < 1.29 is 0 Å². The van der Waals surface area contributed by atoms with Crippen LogP contribution in [0, 0.1) is 0 Å². The minimum atomic E-state index is 0.345. The van der Waals surface area contributed by atoms with Gasteiger partial charge in [0.1, 0.15) is 0 Å². The van der Waals surface area contributed by atoms with Crippen LogP contribution in [0.1, 0.15) is 74.5 Å². The average molecular weight is 486 g/mol. The Hall–Kier alpha value is -2.66. The third-order valence-corrected chi connectivity index (χ3v) is 9.08. The molecule has 1 saturated heterocycles. The van der Waals surface area contributed by atoms with Crippen LogP contribution in [-0.2, 0) is 6.54 Å². The molecule has 5 heteroatoms. The predicted molar refractivity (Wildman–Crippen MR) is 148 cm³/mol. The first-order chi connectivity index (χ1) is 17.8. The Kier molecular flexibility index (Phi) is 7.09. The molecule has 0 amide bonds. The lowest BCUT2D eigenvalue weighted by molar-refractivity contribution is 0.177. The quantitative estimate of drug-likeness (QED) is 0.577. The van der Waals surface area contributed by atoms with Gasteiger partial charge < -0.3 is 20.1 Å².